The number of nitrogens with one attached hydrogen (secondary N) is 3. The molecule has 3 aromatic rings. The molecule has 2 aromatic heterocycles. The van der Waals surface area contributed by atoms with E-state index in [2.05, 4.69) is 48.3 Å². The van der Waals surface area contributed by atoms with Crippen LogP contribution in [0, 0.1) is 0 Å². The summed E-state index contributed by atoms with van der Waals surface area (Å²) >= 11 is 1.76. The zero-order chi connectivity index (χ0) is 18.2. The fourth-order valence-electron chi connectivity index (χ4n) is 2.39. The highest BCUT2D eigenvalue weighted by atomic mass is 32.1. The number of ether oxygens (including phenoxy) is 1. The number of thiophene rings is 1. The summed E-state index contributed by atoms with van der Waals surface area (Å²) in [6.45, 7) is 1.34. The third kappa shape index (κ3) is 4.82. The molecule has 3 N–H and O–H groups in total. The van der Waals surface area contributed by atoms with Crippen molar-refractivity contribution in [1.29, 1.82) is 0 Å². The second-order valence-corrected chi connectivity index (χ2v) is 6.55. The minimum absolute atomic E-state index is 0.516. The maximum absolute atomic E-state index is 5.17. The highest BCUT2D eigenvalue weighted by molar-refractivity contribution is 7.09. The summed E-state index contributed by atoms with van der Waals surface area (Å²) < 4.78 is 5.17. The molecule has 0 aliphatic rings. The number of rotatable bonds is 7. The van der Waals surface area contributed by atoms with Crippen LogP contribution in [0.4, 0.5) is 0 Å². The minimum Gasteiger partial charge on any atom is -0.497 e. The molecule has 2 heterocycles. The molecule has 26 heavy (non-hydrogen) atoms. The van der Waals surface area contributed by atoms with Gasteiger partial charge in [-0.05, 0) is 42.1 Å². The van der Waals surface area contributed by atoms with E-state index in [4.69, 9.17) is 4.74 Å². The van der Waals surface area contributed by atoms with Crippen molar-refractivity contribution in [3.63, 3.8) is 0 Å². The molecule has 0 atom stereocenters. The molecule has 3 rings (SSSR count). The molecule has 0 aliphatic heterocycles. The van der Waals surface area contributed by atoms with Gasteiger partial charge in [0.15, 0.2) is 11.8 Å². The van der Waals surface area contributed by atoms with Gasteiger partial charge in [-0.1, -0.05) is 6.07 Å². The van der Waals surface area contributed by atoms with Crippen LogP contribution in [0.5, 0.6) is 5.75 Å². The summed E-state index contributed by atoms with van der Waals surface area (Å²) in [6, 6.07) is 11.9. The maximum atomic E-state index is 5.17. The lowest BCUT2D eigenvalue weighted by Crippen LogP contribution is -2.38. The average Bonchev–Trinajstić information content (AvgIpc) is 3.36. The lowest BCUT2D eigenvalue weighted by molar-refractivity contribution is 0.415. The molecule has 0 saturated heterocycles. The van der Waals surface area contributed by atoms with Gasteiger partial charge in [-0.2, -0.15) is 5.10 Å². The molecule has 1 aromatic carbocycles. The summed E-state index contributed by atoms with van der Waals surface area (Å²) in [5, 5.41) is 15.8. The normalized spacial score (nSPS) is 11.4. The van der Waals surface area contributed by atoms with E-state index in [1.165, 1.54) is 4.88 Å². The maximum Gasteiger partial charge on any atom is 0.191 e. The predicted octanol–water partition coefficient (Wildman–Crippen LogP) is 2.45. The van der Waals surface area contributed by atoms with Gasteiger partial charge >= 0.3 is 0 Å². The van der Waals surface area contributed by atoms with Crippen molar-refractivity contribution in [3.05, 3.63) is 52.5 Å². The molecule has 0 radical (unpaired) electrons. The molecule has 0 bridgehead atoms. The van der Waals surface area contributed by atoms with Crippen LogP contribution in [0.3, 0.4) is 0 Å². The molecule has 0 saturated carbocycles. The fourth-order valence-corrected chi connectivity index (χ4v) is 3.10. The van der Waals surface area contributed by atoms with Crippen molar-refractivity contribution in [2.24, 2.45) is 4.99 Å². The summed E-state index contributed by atoms with van der Waals surface area (Å²) in [5.41, 5.74) is 0.937. The first kappa shape index (κ1) is 17.9. The van der Waals surface area contributed by atoms with Crippen molar-refractivity contribution in [2.45, 2.75) is 13.0 Å². The summed E-state index contributed by atoms with van der Waals surface area (Å²) in [5.74, 6) is 2.95. The topological polar surface area (TPSA) is 87.2 Å². The molecule has 0 spiro atoms. The SMILES string of the molecule is CN=C(NCCc1cccs1)NCc1nc(-c2ccc(OC)cc2)n[nH]1. The number of guanidine groups is 1. The lowest BCUT2D eigenvalue weighted by atomic mass is 10.2. The van der Waals surface area contributed by atoms with Crippen LogP contribution in [0.15, 0.2) is 46.8 Å². The number of aliphatic imine (C=N–C) groups is 1. The van der Waals surface area contributed by atoms with Crippen LogP contribution in [-0.4, -0.2) is 41.8 Å². The van der Waals surface area contributed by atoms with Crippen LogP contribution in [0.2, 0.25) is 0 Å². The van der Waals surface area contributed by atoms with Gasteiger partial charge in [-0.25, -0.2) is 4.98 Å². The first-order valence-corrected chi connectivity index (χ1v) is 9.19. The quantitative estimate of drug-likeness (QED) is 0.439. The van der Waals surface area contributed by atoms with Gasteiger partial charge in [0.2, 0.25) is 0 Å². The zero-order valence-electron chi connectivity index (χ0n) is 14.8. The predicted molar refractivity (Wildman–Crippen MR) is 105 cm³/mol. The van der Waals surface area contributed by atoms with Gasteiger partial charge in [0.25, 0.3) is 0 Å². The molecule has 0 aliphatic carbocycles. The van der Waals surface area contributed by atoms with Crippen LogP contribution in [-0.2, 0) is 13.0 Å². The van der Waals surface area contributed by atoms with E-state index >= 15 is 0 Å². The van der Waals surface area contributed by atoms with Crippen molar-refractivity contribution in [1.82, 2.24) is 25.8 Å². The van der Waals surface area contributed by atoms with E-state index in [0.717, 1.165) is 36.1 Å². The number of aromatic nitrogens is 3. The van der Waals surface area contributed by atoms with E-state index in [1.807, 2.05) is 24.3 Å². The zero-order valence-corrected chi connectivity index (χ0v) is 15.6. The lowest BCUT2D eigenvalue weighted by Gasteiger charge is -2.10. The first-order chi connectivity index (χ1) is 12.8. The molecule has 0 amide bonds. The van der Waals surface area contributed by atoms with Crippen LogP contribution in [0.25, 0.3) is 11.4 Å². The van der Waals surface area contributed by atoms with E-state index in [-0.39, 0.29) is 0 Å². The Hall–Kier alpha value is -2.87. The molecule has 8 heteroatoms. The monoisotopic (exact) mass is 370 g/mol. The largest absolute Gasteiger partial charge is 0.497 e. The number of nitrogens with zero attached hydrogens (tertiary/aromatic N) is 3. The van der Waals surface area contributed by atoms with E-state index in [9.17, 15) is 0 Å². The van der Waals surface area contributed by atoms with Crippen LogP contribution in [0.1, 0.15) is 10.7 Å². The number of H-pyrrole nitrogens is 1. The van der Waals surface area contributed by atoms with Crippen molar-refractivity contribution in [2.75, 3.05) is 20.7 Å². The second kappa shape index (κ2) is 9.00. The van der Waals surface area contributed by atoms with Crippen molar-refractivity contribution < 1.29 is 4.74 Å². The highest BCUT2D eigenvalue weighted by Crippen LogP contribution is 2.18. The Morgan fingerprint density at radius 2 is 2.08 bits per heavy atom. The van der Waals surface area contributed by atoms with Crippen molar-refractivity contribution in [3.8, 4) is 17.1 Å². The van der Waals surface area contributed by atoms with Gasteiger partial charge < -0.3 is 15.4 Å². The van der Waals surface area contributed by atoms with Gasteiger partial charge in [-0.15, -0.1) is 11.3 Å². The fraction of sp³-hybridized carbons (Fsp3) is 0.278. The molecule has 0 unspecified atom stereocenters. The Morgan fingerprint density at radius 1 is 1.23 bits per heavy atom. The average molecular weight is 370 g/mol. The summed E-state index contributed by atoms with van der Waals surface area (Å²) in [4.78, 5) is 10.1. The Morgan fingerprint density at radius 3 is 2.77 bits per heavy atom. The number of methoxy groups -OCH3 is 1. The molecular weight excluding hydrogens is 348 g/mol. The van der Waals surface area contributed by atoms with Crippen LogP contribution < -0.4 is 15.4 Å². The van der Waals surface area contributed by atoms with E-state index in [0.29, 0.717) is 12.4 Å². The Balaban J connectivity index is 1.49. The van der Waals surface area contributed by atoms with E-state index < -0.39 is 0 Å². The molecule has 0 fully saturated rings. The van der Waals surface area contributed by atoms with E-state index in [1.54, 1.807) is 25.5 Å². The van der Waals surface area contributed by atoms with Gasteiger partial charge in [0.1, 0.15) is 11.6 Å². The Kier molecular flexibility index (Phi) is 6.21. The number of hydrogen-bond acceptors (Lipinski definition) is 5. The molecule has 136 valence electrons. The summed E-state index contributed by atoms with van der Waals surface area (Å²) in [6.07, 6.45) is 0.974. The number of aromatic amines is 1. The number of hydrogen-bond donors (Lipinski definition) is 3. The standard InChI is InChI=1S/C18H22N6OS/c1-19-18(20-10-9-15-4-3-11-26-15)21-12-16-22-17(24-23-16)13-5-7-14(25-2)8-6-13/h3-8,11H,9-10,12H2,1-2H3,(H2,19,20,21)(H,22,23,24). The summed E-state index contributed by atoms with van der Waals surface area (Å²) in [7, 11) is 3.40. The highest BCUT2D eigenvalue weighted by Gasteiger charge is 2.07. The molecule has 7 nitrogen and oxygen atoms in total. The Labute approximate surface area is 156 Å². The Bertz CT molecular complexity index is 826. The van der Waals surface area contributed by atoms with Gasteiger partial charge in [-0.3, -0.25) is 10.1 Å². The van der Waals surface area contributed by atoms with Gasteiger partial charge in [0.05, 0.1) is 13.7 Å². The van der Waals surface area contributed by atoms with Crippen molar-refractivity contribution >= 4 is 17.3 Å². The second-order valence-electron chi connectivity index (χ2n) is 5.52. The first-order valence-electron chi connectivity index (χ1n) is 8.31. The third-order valence-electron chi connectivity index (χ3n) is 3.77. The number of benzene rings is 1. The third-order valence-corrected chi connectivity index (χ3v) is 4.71. The van der Waals surface area contributed by atoms with Gasteiger partial charge in [0, 0.05) is 24.0 Å². The molecular formula is C18H22N6OS. The smallest absolute Gasteiger partial charge is 0.191 e. The van der Waals surface area contributed by atoms with Crippen LogP contribution >= 0.6 is 11.3 Å². The minimum atomic E-state index is 0.516.